The van der Waals surface area contributed by atoms with E-state index < -0.39 is 97.5 Å². The number of aliphatic hydroxyl groups is 1. The van der Waals surface area contributed by atoms with Gasteiger partial charge >= 0.3 is 39.5 Å². The number of hydrogen-bond acceptors (Lipinski definition) is 15. The fraction of sp³-hybridized carbons (Fsp3) is 0.946. The monoisotopic (exact) mass is 1370 g/mol. The molecule has 0 saturated carbocycles. The third kappa shape index (κ3) is 67.0. The van der Waals surface area contributed by atoms with E-state index in [1.165, 1.54) is 167 Å². The van der Waals surface area contributed by atoms with Crippen LogP contribution >= 0.6 is 15.6 Å². The second-order valence-electron chi connectivity index (χ2n) is 28.4. The topological polar surface area (TPSA) is 237 Å². The lowest BCUT2D eigenvalue weighted by Crippen LogP contribution is -2.30. The molecule has 19 heteroatoms. The molecule has 6 atom stereocenters. The number of carbonyl (C=O) groups excluding carboxylic acids is 4. The maximum atomic E-state index is 13.0. The molecule has 0 aliphatic heterocycles. The van der Waals surface area contributed by atoms with Gasteiger partial charge in [-0.05, 0) is 49.4 Å². The van der Waals surface area contributed by atoms with Gasteiger partial charge in [0.15, 0.2) is 12.2 Å². The molecule has 0 radical (unpaired) electrons. The lowest BCUT2D eigenvalue weighted by molar-refractivity contribution is -0.161. The van der Waals surface area contributed by atoms with Crippen LogP contribution in [0.1, 0.15) is 370 Å². The molecule has 0 fully saturated rings. The number of esters is 4. The van der Waals surface area contributed by atoms with Crippen molar-refractivity contribution in [1.82, 2.24) is 0 Å². The Labute approximate surface area is 568 Å². The van der Waals surface area contributed by atoms with Crippen molar-refractivity contribution in [3.63, 3.8) is 0 Å². The lowest BCUT2D eigenvalue weighted by atomic mass is 10.00. The second-order valence-corrected chi connectivity index (χ2v) is 31.3. The van der Waals surface area contributed by atoms with Gasteiger partial charge in [0.05, 0.1) is 26.4 Å². The summed E-state index contributed by atoms with van der Waals surface area (Å²) in [5.74, 6) is 0.862. The van der Waals surface area contributed by atoms with Gasteiger partial charge in [0.2, 0.25) is 0 Å². The number of hydrogen-bond donors (Lipinski definition) is 3. The van der Waals surface area contributed by atoms with Crippen molar-refractivity contribution in [2.75, 3.05) is 39.6 Å². The highest BCUT2D eigenvalue weighted by Gasteiger charge is 2.30. The SMILES string of the molecule is CCC(C)CCCCCCCCC(=O)OC[C@H](COP(=O)(O)OC[C@H](O)COP(=O)(O)OC[C@@H](COC(=O)CCCCCCCCCCCC(C)C)OC(=O)CCCCCCCCCC(C)C)OC(=O)CCCCCCCCCCCCCCCCCCCCC(C)C. The van der Waals surface area contributed by atoms with Gasteiger partial charge in [0.25, 0.3) is 0 Å². The highest BCUT2D eigenvalue weighted by atomic mass is 31.2. The van der Waals surface area contributed by atoms with E-state index in [1.807, 2.05) is 0 Å². The predicted molar refractivity (Wildman–Crippen MR) is 377 cm³/mol. The van der Waals surface area contributed by atoms with Crippen LogP contribution in [0.2, 0.25) is 0 Å². The van der Waals surface area contributed by atoms with E-state index in [0.29, 0.717) is 31.6 Å². The zero-order chi connectivity index (χ0) is 68.9. The number of unbranched alkanes of at least 4 members (excludes halogenated alkanes) is 36. The maximum absolute atomic E-state index is 13.0. The zero-order valence-electron chi connectivity index (χ0n) is 60.9. The van der Waals surface area contributed by atoms with Crippen molar-refractivity contribution >= 4 is 39.5 Å². The minimum Gasteiger partial charge on any atom is -0.462 e. The molecule has 552 valence electrons. The summed E-state index contributed by atoms with van der Waals surface area (Å²) in [5, 5.41) is 10.6. The first kappa shape index (κ1) is 91.1. The number of phosphoric acid groups is 2. The van der Waals surface area contributed by atoms with Crippen molar-refractivity contribution in [2.45, 2.75) is 388 Å². The zero-order valence-corrected chi connectivity index (χ0v) is 62.7. The Morgan fingerprint density at radius 2 is 0.516 bits per heavy atom. The normalized spacial score (nSPS) is 14.5. The van der Waals surface area contributed by atoms with Gasteiger partial charge < -0.3 is 33.8 Å². The quantitative estimate of drug-likeness (QED) is 0.0222. The Morgan fingerprint density at radius 3 is 0.763 bits per heavy atom. The van der Waals surface area contributed by atoms with Crippen LogP contribution < -0.4 is 0 Å². The average Bonchev–Trinajstić information content (AvgIpc) is 3.29. The minimum absolute atomic E-state index is 0.103. The predicted octanol–water partition coefficient (Wildman–Crippen LogP) is 21.3. The van der Waals surface area contributed by atoms with E-state index in [4.69, 9.17) is 37.0 Å². The number of rotatable bonds is 71. The van der Waals surface area contributed by atoms with Crippen molar-refractivity contribution in [1.29, 1.82) is 0 Å². The molecule has 0 amide bonds. The van der Waals surface area contributed by atoms with Crippen LogP contribution in [0, 0.1) is 23.7 Å². The molecule has 93 heavy (non-hydrogen) atoms. The third-order valence-electron chi connectivity index (χ3n) is 17.4. The molecule has 3 N–H and O–H groups in total. The fourth-order valence-electron chi connectivity index (χ4n) is 11.2. The van der Waals surface area contributed by atoms with Crippen LogP contribution in [0.25, 0.3) is 0 Å². The molecule has 0 spiro atoms. The highest BCUT2D eigenvalue weighted by Crippen LogP contribution is 2.45. The Hall–Kier alpha value is -1.94. The summed E-state index contributed by atoms with van der Waals surface area (Å²) in [7, 11) is -9.91. The molecule has 3 unspecified atom stereocenters. The Morgan fingerprint density at radius 1 is 0.301 bits per heavy atom. The van der Waals surface area contributed by atoms with Crippen molar-refractivity contribution in [3.8, 4) is 0 Å². The number of aliphatic hydroxyl groups excluding tert-OH is 1. The summed E-state index contributed by atoms with van der Waals surface area (Å²) in [6, 6.07) is 0. The van der Waals surface area contributed by atoms with E-state index >= 15 is 0 Å². The molecule has 0 aromatic carbocycles. The van der Waals surface area contributed by atoms with Gasteiger partial charge in [-0.1, -0.05) is 319 Å². The largest absolute Gasteiger partial charge is 0.472 e. The first-order valence-electron chi connectivity index (χ1n) is 38.2. The van der Waals surface area contributed by atoms with Crippen LogP contribution in [0.4, 0.5) is 0 Å². The van der Waals surface area contributed by atoms with Gasteiger partial charge in [0, 0.05) is 25.7 Å². The Bertz CT molecular complexity index is 1840. The number of carbonyl (C=O) groups is 4. The Balaban J connectivity index is 5.17. The summed E-state index contributed by atoms with van der Waals surface area (Å²) >= 11 is 0. The molecule has 0 bridgehead atoms. The van der Waals surface area contributed by atoms with Crippen LogP contribution in [0.15, 0.2) is 0 Å². The van der Waals surface area contributed by atoms with Crippen molar-refractivity contribution in [2.24, 2.45) is 23.7 Å². The van der Waals surface area contributed by atoms with E-state index in [2.05, 4.69) is 55.4 Å². The van der Waals surface area contributed by atoms with Crippen LogP contribution in [-0.4, -0.2) is 96.7 Å². The molecular formula is C74H144O17P2. The standard InChI is InChI=1S/C74H144O17P2/c1-9-67(8)53-45-37-32-33-39-47-55-72(77)85-61-70(90-73(78)56-48-40-30-23-19-17-15-13-11-10-12-14-16-18-21-26-34-42-50-64(2)3)63-89-93(82,83)87-59-68(75)58-86-92(80,81)88-62-69(91-74(79)57-49-41-31-25-28-36-44-52-66(6)7)60-84-71(76)54-46-38-29-24-20-22-27-35-43-51-65(4)5/h64-70,75H,9-63H2,1-8H3,(H,80,81)(H,82,83)/t67?,68-,69-,70-/m1/s1. The van der Waals surface area contributed by atoms with E-state index in [0.717, 1.165) is 114 Å². The van der Waals surface area contributed by atoms with Gasteiger partial charge in [-0.25, -0.2) is 9.13 Å². The first-order valence-corrected chi connectivity index (χ1v) is 41.2. The minimum atomic E-state index is -4.96. The maximum Gasteiger partial charge on any atom is 0.472 e. The first-order chi connectivity index (χ1) is 44.6. The second kappa shape index (κ2) is 63.5. The summed E-state index contributed by atoms with van der Waals surface area (Å²) in [5.41, 5.74) is 0. The number of phosphoric ester groups is 2. The molecule has 0 rings (SSSR count). The van der Waals surface area contributed by atoms with Gasteiger partial charge in [-0.3, -0.25) is 37.3 Å². The molecular weight excluding hydrogens is 1220 g/mol. The van der Waals surface area contributed by atoms with Gasteiger partial charge in [0.1, 0.15) is 19.3 Å². The smallest absolute Gasteiger partial charge is 0.462 e. The third-order valence-corrected chi connectivity index (χ3v) is 19.3. The Kier molecular flexibility index (Phi) is 62.2. The van der Waals surface area contributed by atoms with Crippen LogP contribution in [0.5, 0.6) is 0 Å². The van der Waals surface area contributed by atoms with E-state index in [1.54, 1.807) is 0 Å². The van der Waals surface area contributed by atoms with Crippen molar-refractivity contribution < 1.29 is 80.2 Å². The molecule has 17 nitrogen and oxygen atoms in total. The van der Waals surface area contributed by atoms with E-state index in [-0.39, 0.29) is 25.7 Å². The van der Waals surface area contributed by atoms with Crippen LogP contribution in [-0.2, 0) is 65.4 Å². The molecule has 0 aliphatic rings. The summed E-state index contributed by atoms with van der Waals surface area (Å²) < 4.78 is 68.4. The fourth-order valence-corrected chi connectivity index (χ4v) is 12.7. The van der Waals surface area contributed by atoms with E-state index in [9.17, 15) is 43.2 Å². The number of ether oxygens (including phenoxy) is 4. The molecule has 0 aromatic heterocycles. The molecule has 0 saturated heterocycles. The van der Waals surface area contributed by atoms with Crippen molar-refractivity contribution in [3.05, 3.63) is 0 Å². The summed E-state index contributed by atoms with van der Waals surface area (Å²) in [6.07, 6.45) is 47.5. The lowest BCUT2D eigenvalue weighted by Gasteiger charge is -2.21. The molecule has 0 aromatic rings. The summed E-state index contributed by atoms with van der Waals surface area (Å²) in [6.45, 7) is 14.1. The highest BCUT2D eigenvalue weighted by molar-refractivity contribution is 7.47. The molecule has 0 heterocycles. The molecule has 0 aliphatic carbocycles. The van der Waals surface area contributed by atoms with Crippen LogP contribution in [0.3, 0.4) is 0 Å². The van der Waals surface area contributed by atoms with Gasteiger partial charge in [-0.2, -0.15) is 0 Å². The average molecular weight is 1370 g/mol. The summed E-state index contributed by atoms with van der Waals surface area (Å²) in [4.78, 5) is 72.6. The van der Waals surface area contributed by atoms with Gasteiger partial charge in [-0.15, -0.1) is 0 Å².